The molecule has 1 aliphatic heterocycles. The number of amides is 2. The Labute approximate surface area is 198 Å². The quantitative estimate of drug-likeness (QED) is 0.404. The molecule has 0 saturated carbocycles. The van der Waals surface area contributed by atoms with Crippen LogP contribution in [0.1, 0.15) is 46.3 Å². The fraction of sp³-hybridized carbons (Fsp3) is 0.308. The Hall–Kier alpha value is -3.16. The van der Waals surface area contributed by atoms with Crippen LogP contribution in [0.2, 0.25) is 0 Å². The van der Waals surface area contributed by atoms with Gasteiger partial charge in [0, 0.05) is 41.0 Å². The predicted molar refractivity (Wildman–Crippen MR) is 135 cm³/mol. The summed E-state index contributed by atoms with van der Waals surface area (Å²) in [7, 11) is 0. The molecule has 1 saturated heterocycles. The van der Waals surface area contributed by atoms with Gasteiger partial charge in [-0.05, 0) is 60.9 Å². The van der Waals surface area contributed by atoms with Crippen LogP contribution < -0.4 is 21.3 Å². The summed E-state index contributed by atoms with van der Waals surface area (Å²) in [6, 6.07) is 18.6. The lowest BCUT2D eigenvalue weighted by Gasteiger charge is -2.29. The molecule has 2 amide bonds. The molecular weight excluding hydrogens is 432 g/mol. The van der Waals surface area contributed by atoms with E-state index in [1.807, 2.05) is 50.2 Å². The van der Waals surface area contributed by atoms with E-state index in [0.717, 1.165) is 45.2 Å². The minimum atomic E-state index is -0.136. The second-order valence-electron chi connectivity index (χ2n) is 8.53. The normalized spacial score (nSPS) is 14.3. The summed E-state index contributed by atoms with van der Waals surface area (Å²) in [6.45, 7) is 7.92. The van der Waals surface area contributed by atoms with Gasteiger partial charge in [0.25, 0.3) is 5.91 Å². The molecule has 0 aliphatic carbocycles. The molecule has 1 aliphatic rings. The minimum Gasteiger partial charge on any atom is -0.380 e. The van der Waals surface area contributed by atoms with Gasteiger partial charge >= 0.3 is 0 Å². The highest BCUT2D eigenvalue weighted by molar-refractivity contribution is 7.15. The number of benzene rings is 2. The number of hydrogen-bond donors (Lipinski definition) is 4. The molecule has 1 fully saturated rings. The van der Waals surface area contributed by atoms with Crippen LogP contribution in [0.25, 0.3) is 10.4 Å². The summed E-state index contributed by atoms with van der Waals surface area (Å²) in [4.78, 5) is 26.5. The first-order chi connectivity index (χ1) is 15.9. The Kier molecular flexibility index (Phi) is 7.11. The maximum absolute atomic E-state index is 13.1. The highest BCUT2D eigenvalue weighted by Gasteiger charge is 2.18. The van der Waals surface area contributed by atoms with Crippen LogP contribution in [0.15, 0.2) is 54.6 Å². The molecular formula is C26H30N4O2S. The van der Waals surface area contributed by atoms with Crippen molar-refractivity contribution in [3.63, 3.8) is 0 Å². The first-order valence-electron chi connectivity index (χ1n) is 11.2. The van der Waals surface area contributed by atoms with Crippen LogP contribution >= 0.6 is 11.3 Å². The van der Waals surface area contributed by atoms with Crippen molar-refractivity contribution in [3.8, 4) is 10.4 Å². The van der Waals surface area contributed by atoms with E-state index in [1.165, 1.54) is 6.92 Å². The molecule has 1 atom stereocenters. The third kappa shape index (κ3) is 5.80. The van der Waals surface area contributed by atoms with Crippen LogP contribution in [0, 0.1) is 6.92 Å². The first kappa shape index (κ1) is 23.0. The average Bonchev–Trinajstić information content (AvgIpc) is 3.25. The number of aryl methyl sites for hydroxylation is 1. The topological polar surface area (TPSA) is 82.3 Å². The standard InChI is InChI=1S/C26H30N4O2S/c1-16-7-8-21(30-22-13-27-14-22)12-24(16)26(32)29-17(2)19-5-4-6-20(11-19)25-10-9-23(33-25)15-28-18(3)31/h4-12,17,22,27,30H,13-15H2,1-3H3,(H,28,31)(H,29,32). The van der Waals surface area contributed by atoms with Crippen molar-refractivity contribution in [1.29, 1.82) is 0 Å². The Bertz CT molecular complexity index is 1150. The van der Waals surface area contributed by atoms with Gasteiger partial charge in [-0.25, -0.2) is 0 Å². The van der Waals surface area contributed by atoms with Crippen molar-refractivity contribution in [2.75, 3.05) is 18.4 Å². The maximum atomic E-state index is 13.1. The van der Waals surface area contributed by atoms with Crippen molar-refractivity contribution in [1.82, 2.24) is 16.0 Å². The Morgan fingerprint density at radius 2 is 1.94 bits per heavy atom. The summed E-state index contributed by atoms with van der Waals surface area (Å²) in [5.74, 6) is -0.109. The molecule has 2 aromatic carbocycles. The first-order valence-corrected chi connectivity index (χ1v) is 12.0. The molecule has 1 aromatic heterocycles. The molecule has 0 radical (unpaired) electrons. The number of rotatable bonds is 8. The van der Waals surface area contributed by atoms with E-state index < -0.39 is 0 Å². The average molecular weight is 463 g/mol. The summed E-state index contributed by atoms with van der Waals surface area (Å²) in [5, 5.41) is 12.7. The summed E-state index contributed by atoms with van der Waals surface area (Å²) in [6.07, 6.45) is 0. The molecule has 6 nitrogen and oxygen atoms in total. The van der Waals surface area contributed by atoms with Crippen molar-refractivity contribution >= 4 is 28.8 Å². The smallest absolute Gasteiger partial charge is 0.252 e. The van der Waals surface area contributed by atoms with Gasteiger partial charge in [0.05, 0.1) is 18.6 Å². The predicted octanol–water partition coefficient (Wildman–Crippen LogP) is 4.23. The van der Waals surface area contributed by atoms with E-state index in [0.29, 0.717) is 18.2 Å². The van der Waals surface area contributed by atoms with E-state index in [9.17, 15) is 9.59 Å². The number of carbonyl (C=O) groups is 2. The Morgan fingerprint density at radius 1 is 1.12 bits per heavy atom. The van der Waals surface area contributed by atoms with E-state index >= 15 is 0 Å². The van der Waals surface area contributed by atoms with E-state index in [-0.39, 0.29) is 17.9 Å². The number of hydrogen-bond acceptors (Lipinski definition) is 5. The van der Waals surface area contributed by atoms with E-state index in [1.54, 1.807) is 11.3 Å². The molecule has 2 heterocycles. The van der Waals surface area contributed by atoms with Gasteiger partial charge in [0.2, 0.25) is 5.91 Å². The monoisotopic (exact) mass is 462 g/mol. The second kappa shape index (κ2) is 10.2. The van der Waals surface area contributed by atoms with Crippen LogP contribution in [-0.4, -0.2) is 30.9 Å². The van der Waals surface area contributed by atoms with Crippen molar-refractivity contribution in [2.45, 2.75) is 39.4 Å². The molecule has 0 bridgehead atoms. The molecule has 172 valence electrons. The molecule has 33 heavy (non-hydrogen) atoms. The van der Waals surface area contributed by atoms with E-state index in [4.69, 9.17) is 0 Å². The van der Waals surface area contributed by atoms with Gasteiger partial charge < -0.3 is 21.3 Å². The number of nitrogens with one attached hydrogen (secondary N) is 4. The third-order valence-electron chi connectivity index (χ3n) is 5.83. The zero-order valence-corrected chi connectivity index (χ0v) is 20.0. The Morgan fingerprint density at radius 3 is 2.67 bits per heavy atom. The highest BCUT2D eigenvalue weighted by Crippen LogP contribution is 2.30. The van der Waals surface area contributed by atoms with Gasteiger partial charge in [-0.1, -0.05) is 24.3 Å². The molecule has 4 rings (SSSR count). The number of thiophene rings is 1. The van der Waals surface area contributed by atoms with Gasteiger partial charge in [0.15, 0.2) is 0 Å². The lowest BCUT2D eigenvalue weighted by molar-refractivity contribution is -0.119. The molecule has 0 spiro atoms. The number of carbonyl (C=O) groups excluding carboxylic acids is 2. The highest BCUT2D eigenvalue weighted by atomic mass is 32.1. The molecule has 3 aromatic rings. The fourth-order valence-electron chi connectivity index (χ4n) is 3.74. The second-order valence-corrected chi connectivity index (χ2v) is 9.69. The lowest BCUT2D eigenvalue weighted by atomic mass is 10.0. The number of anilines is 1. The maximum Gasteiger partial charge on any atom is 0.252 e. The van der Waals surface area contributed by atoms with Crippen molar-refractivity contribution < 1.29 is 9.59 Å². The van der Waals surface area contributed by atoms with Gasteiger partial charge in [0.1, 0.15) is 0 Å². The molecule has 7 heteroatoms. The minimum absolute atomic E-state index is 0.0342. The fourth-order valence-corrected chi connectivity index (χ4v) is 4.69. The van der Waals surface area contributed by atoms with Crippen LogP contribution in [-0.2, 0) is 11.3 Å². The summed E-state index contributed by atoms with van der Waals surface area (Å²) >= 11 is 1.66. The van der Waals surface area contributed by atoms with Crippen LogP contribution in [0.5, 0.6) is 0 Å². The zero-order chi connectivity index (χ0) is 23.4. The summed E-state index contributed by atoms with van der Waals surface area (Å²) < 4.78 is 0. The van der Waals surface area contributed by atoms with Crippen LogP contribution in [0.3, 0.4) is 0 Å². The largest absolute Gasteiger partial charge is 0.380 e. The lowest BCUT2D eigenvalue weighted by Crippen LogP contribution is -2.51. The SMILES string of the molecule is CC(=O)NCc1ccc(-c2cccc(C(C)NC(=O)c3cc(NC4CNC4)ccc3C)c2)s1. The Balaban J connectivity index is 1.44. The third-order valence-corrected chi connectivity index (χ3v) is 6.96. The van der Waals surface area contributed by atoms with Crippen LogP contribution in [0.4, 0.5) is 5.69 Å². The van der Waals surface area contributed by atoms with Crippen molar-refractivity contribution in [3.05, 3.63) is 76.2 Å². The van der Waals surface area contributed by atoms with E-state index in [2.05, 4.69) is 39.5 Å². The summed E-state index contributed by atoms with van der Waals surface area (Å²) in [5.41, 5.74) is 4.76. The zero-order valence-electron chi connectivity index (χ0n) is 19.2. The van der Waals surface area contributed by atoms with Gasteiger partial charge in [-0.15, -0.1) is 11.3 Å². The molecule has 1 unspecified atom stereocenters. The molecule has 4 N–H and O–H groups in total. The van der Waals surface area contributed by atoms with Crippen molar-refractivity contribution in [2.24, 2.45) is 0 Å². The van der Waals surface area contributed by atoms with Gasteiger partial charge in [-0.2, -0.15) is 0 Å². The van der Waals surface area contributed by atoms with Gasteiger partial charge in [-0.3, -0.25) is 9.59 Å².